The summed E-state index contributed by atoms with van der Waals surface area (Å²) in [6.45, 7) is 7.05. The summed E-state index contributed by atoms with van der Waals surface area (Å²) < 4.78 is 13.3. The highest BCUT2D eigenvalue weighted by Gasteiger charge is 2.44. The van der Waals surface area contributed by atoms with Crippen LogP contribution in [0.1, 0.15) is 120 Å². The maximum absolute atomic E-state index is 13.7. The lowest BCUT2D eigenvalue weighted by atomic mass is 9.75. The van der Waals surface area contributed by atoms with Crippen LogP contribution in [-0.4, -0.2) is 63.2 Å². The molecule has 48 heavy (non-hydrogen) atoms. The van der Waals surface area contributed by atoms with Gasteiger partial charge in [-0.1, -0.05) is 61.4 Å². The van der Waals surface area contributed by atoms with Crippen molar-refractivity contribution in [2.45, 2.75) is 134 Å². The second-order valence-electron chi connectivity index (χ2n) is 14.8. The number of nitrogens with zero attached hydrogens (tertiary/aromatic N) is 1. The Bertz CT molecular complexity index is 1370. The molecule has 1 saturated carbocycles. The minimum Gasteiger partial charge on any atom is -0.481 e. The number of nitrogens with one attached hydrogen (secondary N) is 2. The van der Waals surface area contributed by atoms with Crippen LogP contribution in [0.3, 0.4) is 0 Å². The number of likely N-dealkylation sites (tertiary alicyclic amines) is 1. The van der Waals surface area contributed by atoms with Crippen molar-refractivity contribution in [3.63, 3.8) is 0 Å². The first kappa shape index (κ1) is 36.0. The van der Waals surface area contributed by atoms with Gasteiger partial charge in [0.25, 0.3) is 0 Å². The predicted molar refractivity (Wildman–Crippen MR) is 182 cm³/mol. The van der Waals surface area contributed by atoms with E-state index in [4.69, 9.17) is 14.6 Å². The first-order valence-electron chi connectivity index (χ1n) is 17.6. The standard InChI is InChI=1S/C38H53N3O7/c1-38(2,3)40-36(46)32-20-19-27-7-4-5-8-31(27)41(32)23-30-21-33(28-15-13-26(24-42)14-16-28)48-37(47-30)29-17-11-25(12-18-29)22-39-34(43)9-6-10-35(44)45/h11-18,27,30-33,37,42H,4-10,19-24H2,1-3H3,(H,39,43)(H,40,46)(H,44,45)/t27-,30-,31-,32-,33+,37+/m1/s1. The van der Waals surface area contributed by atoms with E-state index < -0.39 is 12.3 Å². The van der Waals surface area contributed by atoms with Crippen LogP contribution < -0.4 is 10.6 Å². The normalized spacial score (nSPS) is 26.3. The summed E-state index contributed by atoms with van der Waals surface area (Å²) >= 11 is 0. The van der Waals surface area contributed by atoms with Crippen molar-refractivity contribution < 1.29 is 34.1 Å². The molecule has 262 valence electrons. The number of benzene rings is 2. The van der Waals surface area contributed by atoms with Gasteiger partial charge in [0.05, 0.1) is 24.9 Å². The van der Waals surface area contributed by atoms with Gasteiger partial charge in [-0.3, -0.25) is 19.3 Å². The summed E-state index contributed by atoms with van der Waals surface area (Å²) in [6, 6.07) is 15.8. The Morgan fingerprint density at radius 1 is 0.875 bits per heavy atom. The molecule has 2 aromatic rings. The van der Waals surface area contributed by atoms with Crippen LogP contribution in [0, 0.1) is 5.92 Å². The van der Waals surface area contributed by atoms with Crippen LogP contribution in [0.2, 0.25) is 0 Å². The lowest BCUT2D eigenvalue weighted by Crippen LogP contribution is -2.61. The topological polar surface area (TPSA) is 137 Å². The van der Waals surface area contributed by atoms with Crippen molar-refractivity contribution in [1.82, 2.24) is 15.5 Å². The van der Waals surface area contributed by atoms with Gasteiger partial charge < -0.3 is 30.3 Å². The van der Waals surface area contributed by atoms with E-state index in [2.05, 4.69) is 15.5 Å². The second kappa shape index (κ2) is 16.4. The molecule has 3 aliphatic rings. The van der Waals surface area contributed by atoms with E-state index in [-0.39, 0.29) is 55.1 Å². The Kier molecular flexibility index (Phi) is 12.3. The number of fused-ring (bicyclic) bond motifs is 1. The summed E-state index contributed by atoms with van der Waals surface area (Å²) in [6.07, 6.45) is 6.72. The Hall–Kier alpha value is -3.31. The van der Waals surface area contributed by atoms with Gasteiger partial charge in [0.1, 0.15) is 0 Å². The molecule has 2 amide bonds. The molecule has 10 heteroatoms. The Morgan fingerprint density at radius 3 is 2.25 bits per heavy atom. The van der Waals surface area contributed by atoms with Crippen LogP contribution in [0.15, 0.2) is 48.5 Å². The molecule has 3 fully saturated rings. The molecule has 0 unspecified atom stereocenters. The van der Waals surface area contributed by atoms with Gasteiger partial charge in [-0.25, -0.2) is 0 Å². The third-order valence-corrected chi connectivity index (χ3v) is 9.87. The minimum absolute atomic E-state index is 0.0230. The number of hydrogen-bond donors (Lipinski definition) is 4. The molecule has 2 aliphatic heterocycles. The zero-order valence-electron chi connectivity index (χ0n) is 28.7. The molecule has 0 bridgehead atoms. The molecule has 5 rings (SSSR count). The molecule has 2 saturated heterocycles. The fourth-order valence-corrected chi connectivity index (χ4v) is 7.48. The summed E-state index contributed by atoms with van der Waals surface area (Å²) in [7, 11) is 0. The summed E-state index contributed by atoms with van der Waals surface area (Å²) in [5, 5.41) is 24.5. The summed E-state index contributed by atoms with van der Waals surface area (Å²) in [5.41, 5.74) is 3.33. The number of amides is 2. The number of ether oxygens (including phenoxy) is 2. The average molecular weight is 664 g/mol. The maximum atomic E-state index is 13.7. The number of carboxylic acids is 1. The van der Waals surface area contributed by atoms with Crippen LogP contribution in [0.25, 0.3) is 0 Å². The highest BCUT2D eigenvalue weighted by molar-refractivity contribution is 5.82. The number of aliphatic hydroxyl groups is 1. The van der Waals surface area contributed by atoms with Crippen LogP contribution in [0.5, 0.6) is 0 Å². The van der Waals surface area contributed by atoms with Crippen LogP contribution in [-0.2, 0) is 37.0 Å². The van der Waals surface area contributed by atoms with E-state index in [1.54, 1.807) is 0 Å². The monoisotopic (exact) mass is 663 g/mol. The van der Waals surface area contributed by atoms with Crippen LogP contribution in [0.4, 0.5) is 0 Å². The maximum Gasteiger partial charge on any atom is 0.303 e. The summed E-state index contributed by atoms with van der Waals surface area (Å²) in [4.78, 5) is 39.0. The predicted octanol–water partition coefficient (Wildman–Crippen LogP) is 5.53. The Labute approximate surface area is 284 Å². The number of hydrogen-bond acceptors (Lipinski definition) is 7. The van der Waals surface area contributed by atoms with E-state index in [1.165, 1.54) is 19.3 Å². The quantitative estimate of drug-likeness (QED) is 0.233. The van der Waals surface area contributed by atoms with Gasteiger partial charge in [-0.05, 0) is 75.5 Å². The van der Waals surface area contributed by atoms with Gasteiger partial charge in [0, 0.05) is 49.5 Å². The van der Waals surface area contributed by atoms with Crippen molar-refractivity contribution in [2.75, 3.05) is 6.54 Å². The van der Waals surface area contributed by atoms with Gasteiger partial charge in [0.2, 0.25) is 11.8 Å². The van der Waals surface area contributed by atoms with Gasteiger partial charge in [-0.2, -0.15) is 0 Å². The fraction of sp³-hybridized carbons (Fsp3) is 0.605. The molecule has 10 nitrogen and oxygen atoms in total. The molecule has 1 aliphatic carbocycles. The lowest BCUT2D eigenvalue weighted by molar-refractivity contribution is -0.255. The van der Waals surface area contributed by atoms with Crippen molar-refractivity contribution in [1.29, 1.82) is 0 Å². The molecule has 4 N–H and O–H groups in total. The molecular formula is C38H53N3O7. The third-order valence-electron chi connectivity index (χ3n) is 9.87. The van der Waals surface area contributed by atoms with E-state index in [1.807, 2.05) is 69.3 Å². The van der Waals surface area contributed by atoms with Crippen molar-refractivity contribution in [2.24, 2.45) is 5.92 Å². The van der Waals surface area contributed by atoms with Crippen molar-refractivity contribution >= 4 is 17.8 Å². The second-order valence-corrected chi connectivity index (χ2v) is 14.8. The van der Waals surface area contributed by atoms with Crippen molar-refractivity contribution in [3.05, 3.63) is 70.8 Å². The van der Waals surface area contributed by atoms with Gasteiger partial charge in [-0.15, -0.1) is 0 Å². The largest absolute Gasteiger partial charge is 0.481 e. The molecular weight excluding hydrogens is 610 g/mol. The SMILES string of the molecule is CC(C)(C)NC(=O)[C@H]1CC[C@H]2CCCC[C@H]2N1C[C@H]1C[C@@H](c2ccc(CO)cc2)O[C@@H](c2ccc(CNC(=O)CCCC(=O)O)cc2)O1. The first-order chi connectivity index (χ1) is 23.0. The molecule has 2 aromatic carbocycles. The van der Waals surface area contributed by atoms with E-state index in [9.17, 15) is 19.5 Å². The molecule has 0 aromatic heterocycles. The number of rotatable bonds is 12. The van der Waals surface area contributed by atoms with Gasteiger partial charge >= 0.3 is 5.97 Å². The summed E-state index contributed by atoms with van der Waals surface area (Å²) in [5.74, 6) is -0.391. The molecule has 6 atom stereocenters. The minimum atomic E-state index is -0.905. The van der Waals surface area contributed by atoms with Crippen LogP contribution >= 0.6 is 0 Å². The number of aliphatic carboxylic acids is 1. The number of carbonyl (C=O) groups excluding carboxylic acids is 2. The fourth-order valence-electron chi connectivity index (χ4n) is 7.48. The van der Waals surface area contributed by atoms with Crippen molar-refractivity contribution in [3.8, 4) is 0 Å². The molecule has 0 spiro atoms. The molecule has 0 radical (unpaired) electrons. The Morgan fingerprint density at radius 2 is 1.56 bits per heavy atom. The highest BCUT2D eigenvalue weighted by atomic mass is 16.7. The van der Waals surface area contributed by atoms with E-state index >= 15 is 0 Å². The first-order valence-corrected chi connectivity index (χ1v) is 17.6. The Balaban J connectivity index is 1.33. The number of carbonyl (C=O) groups is 3. The van der Waals surface area contributed by atoms with Gasteiger partial charge in [0.15, 0.2) is 6.29 Å². The smallest absolute Gasteiger partial charge is 0.303 e. The third kappa shape index (κ3) is 9.87. The zero-order valence-corrected chi connectivity index (χ0v) is 28.7. The molecule has 2 heterocycles. The number of carboxylic acid groups (broad SMARTS) is 1. The highest BCUT2D eigenvalue weighted by Crippen LogP contribution is 2.42. The lowest BCUT2D eigenvalue weighted by Gasteiger charge is -2.50. The number of aliphatic hydroxyl groups excluding tert-OH is 1. The average Bonchev–Trinajstić information content (AvgIpc) is 3.06. The van der Waals surface area contributed by atoms with E-state index in [0.29, 0.717) is 37.9 Å². The zero-order chi connectivity index (χ0) is 34.3. The number of piperidine rings is 1. The van der Waals surface area contributed by atoms with E-state index in [0.717, 1.165) is 41.5 Å².